The molecule has 3 amide bonds. The fourth-order valence-corrected chi connectivity index (χ4v) is 3.17. The smallest absolute Gasteiger partial charge is 0.324 e. The Hall–Kier alpha value is -2.46. The Bertz CT molecular complexity index is 774. The summed E-state index contributed by atoms with van der Waals surface area (Å²) in [4.78, 5) is 34.8. The molecule has 0 heterocycles. The highest BCUT2D eigenvalue weighted by Gasteiger charge is 2.31. The van der Waals surface area contributed by atoms with Crippen molar-refractivity contribution in [2.75, 3.05) is 0 Å². The van der Waals surface area contributed by atoms with Gasteiger partial charge in [-0.25, -0.2) is 13.2 Å². The lowest BCUT2D eigenvalue weighted by molar-refractivity contribution is -0.159. The summed E-state index contributed by atoms with van der Waals surface area (Å²) in [7, 11) is -3.94. The molecule has 0 unspecified atom stereocenters. The third kappa shape index (κ3) is 6.12. The first-order valence-corrected chi connectivity index (χ1v) is 9.32. The highest BCUT2D eigenvalue weighted by Crippen LogP contribution is 2.12. The van der Waals surface area contributed by atoms with Crippen LogP contribution >= 0.6 is 0 Å². The van der Waals surface area contributed by atoms with Gasteiger partial charge in [0, 0.05) is 0 Å². The summed E-state index contributed by atoms with van der Waals surface area (Å²) in [6.07, 6.45) is -1.29. The molecule has 0 aliphatic carbocycles. The summed E-state index contributed by atoms with van der Waals surface area (Å²) >= 11 is 0. The molecule has 0 aromatic heterocycles. The van der Waals surface area contributed by atoms with Crippen molar-refractivity contribution in [3.05, 3.63) is 29.8 Å². The van der Waals surface area contributed by atoms with E-state index in [1.807, 2.05) is 12.2 Å². The monoisotopic (exact) mass is 385 g/mol. The number of sulfonamides is 1. The average molecular weight is 385 g/mol. The van der Waals surface area contributed by atoms with Crippen molar-refractivity contribution in [2.45, 2.75) is 44.7 Å². The molecule has 9 nitrogen and oxygen atoms in total. The second-order valence-corrected chi connectivity index (χ2v) is 7.83. The van der Waals surface area contributed by atoms with Crippen LogP contribution in [0.4, 0.5) is 4.79 Å². The van der Waals surface area contributed by atoms with Gasteiger partial charge in [-0.2, -0.15) is 4.72 Å². The number of aryl methyl sites for hydroxylation is 1. The Balaban J connectivity index is 2.83. The van der Waals surface area contributed by atoms with E-state index in [0.717, 1.165) is 5.56 Å². The Morgan fingerprint density at radius 2 is 1.62 bits per heavy atom. The van der Waals surface area contributed by atoms with Crippen molar-refractivity contribution in [3.63, 3.8) is 0 Å². The number of rotatable bonds is 7. The van der Waals surface area contributed by atoms with Gasteiger partial charge in [0.1, 0.15) is 6.04 Å². The third-order valence-electron chi connectivity index (χ3n) is 3.37. The van der Waals surface area contributed by atoms with E-state index in [0.29, 0.717) is 0 Å². The summed E-state index contributed by atoms with van der Waals surface area (Å²) in [5, 5.41) is 1.83. The van der Waals surface area contributed by atoms with Crippen LogP contribution in [-0.4, -0.2) is 38.5 Å². The van der Waals surface area contributed by atoms with Crippen molar-refractivity contribution in [3.8, 4) is 0 Å². The summed E-state index contributed by atoms with van der Waals surface area (Å²) < 4.78 is 31.8. The molecule has 4 N–H and O–H groups in total. The maximum Gasteiger partial charge on any atom is 0.324 e. The second kappa shape index (κ2) is 8.77. The minimum Gasteiger partial charge on any atom is -0.451 e. The third-order valence-corrected chi connectivity index (χ3v) is 4.93. The summed E-state index contributed by atoms with van der Waals surface area (Å²) in [5.74, 6) is -2.30. The number of benzene rings is 1. The molecular weight excluding hydrogens is 362 g/mol. The van der Waals surface area contributed by atoms with Crippen LogP contribution in [-0.2, 0) is 24.3 Å². The van der Waals surface area contributed by atoms with E-state index >= 15 is 0 Å². The standard InChI is InChI=1S/C16H23N3O6S/c1-9(2)13(14(20)18-16(17)22)25-15(21)11(4)19-26(23,24)12-7-5-10(3)6-8-12/h5-9,11,13,19H,1-4H3,(H3,17,18,20,22)/t11-,13-/m0/s1. The zero-order chi connectivity index (χ0) is 20.1. The predicted octanol–water partition coefficient (Wildman–Crippen LogP) is 0.425. The molecular formula is C16H23N3O6S. The Morgan fingerprint density at radius 1 is 1.08 bits per heavy atom. The number of hydrogen-bond donors (Lipinski definition) is 3. The number of imide groups is 1. The van der Waals surface area contributed by atoms with Crippen LogP contribution in [0.3, 0.4) is 0 Å². The van der Waals surface area contributed by atoms with Crippen molar-refractivity contribution in [1.82, 2.24) is 10.0 Å². The largest absolute Gasteiger partial charge is 0.451 e. The molecule has 1 rings (SSSR count). The maximum atomic E-state index is 12.3. The van der Waals surface area contributed by atoms with Crippen LogP contribution in [0.5, 0.6) is 0 Å². The van der Waals surface area contributed by atoms with Gasteiger partial charge < -0.3 is 10.5 Å². The molecule has 10 heteroatoms. The zero-order valence-electron chi connectivity index (χ0n) is 15.0. The molecule has 1 aromatic rings. The van der Waals surface area contributed by atoms with Crippen molar-refractivity contribution in [2.24, 2.45) is 11.7 Å². The molecule has 0 saturated heterocycles. The first-order chi connectivity index (χ1) is 11.9. The molecule has 2 atom stereocenters. The van der Waals surface area contributed by atoms with Crippen LogP contribution in [0.2, 0.25) is 0 Å². The zero-order valence-corrected chi connectivity index (χ0v) is 15.8. The Morgan fingerprint density at radius 3 is 2.08 bits per heavy atom. The fourth-order valence-electron chi connectivity index (χ4n) is 1.98. The van der Waals surface area contributed by atoms with Crippen molar-refractivity contribution >= 4 is 27.9 Å². The summed E-state index contributed by atoms with van der Waals surface area (Å²) in [6.45, 7) is 6.30. The summed E-state index contributed by atoms with van der Waals surface area (Å²) in [5.41, 5.74) is 5.76. The second-order valence-electron chi connectivity index (χ2n) is 6.11. The van der Waals surface area contributed by atoms with Gasteiger partial charge in [0.15, 0.2) is 6.10 Å². The number of carbonyl (C=O) groups excluding carboxylic acids is 3. The normalized spacial score (nSPS) is 13.7. The van der Waals surface area contributed by atoms with E-state index in [1.54, 1.807) is 26.0 Å². The quantitative estimate of drug-likeness (QED) is 0.580. The average Bonchev–Trinajstić information content (AvgIpc) is 2.51. The van der Waals surface area contributed by atoms with Gasteiger partial charge in [0.05, 0.1) is 4.90 Å². The predicted molar refractivity (Wildman–Crippen MR) is 93.4 cm³/mol. The van der Waals surface area contributed by atoms with Gasteiger partial charge in [-0.1, -0.05) is 31.5 Å². The van der Waals surface area contributed by atoms with Gasteiger partial charge in [-0.05, 0) is 31.9 Å². The lowest BCUT2D eigenvalue weighted by Crippen LogP contribution is -2.48. The number of nitrogens with two attached hydrogens (primary N) is 1. The van der Waals surface area contributed by atoms with Gasteiger partial charge in [-0.15, -0.1) is 0 Å². The highest BCUT2D eigenvalue weighted by molar-refractivity contribution is 7.89. The van der Waals surface area contributed by atoms with Crippen LogP contribution in [0.15, 0.2) is 29.2 Å². The lowest BCUT2D eigenvalue weighted by atomic mass is 10.1. The Labute approximate surface area is 152 Å². The minimum atomic E-state index is -3.94. The molecule has 0 spiro atoms. The number of nitrogens with one attached hydrogen (secondary N) is 2. The first kappa shape index (κ1) is 21.6. The fraction of sp³-hybridized carbons (Fsp3) is 0.438. The Kier molecular flexibility index (Phi) is 7.28. The number of urea groups is 1. The number of primary amides is 1. The molecule has 144 valence electrons. The highest BCUT2D eigenvalue weighted by atomic mass is 32.2. The first-order valence-electron chi connectivity index (χ1n) is 7.84. The van der Waals surface area contributed by atoms with Gasteiger partial charge >= 0.3 is 12.0 Å². The lowest BCUT2D eigenvalue weighted by Gasteiger charge is -2.22. The van der Waals surface area contributed by atoms with E-state index < -0.39 is 46.0 Å². The van der Waals surface area contributed by atoms with Crippen molar-refractivity contribution in [1.29, 1.82) is 0 Å². The van der Waals surface area contributed by atoms with Crippen LogP contribution in [0.1, 0.15) is 26.3 Å². The van der Waals surface area contributed by atoms with E-state index in [9.17, 15) is 22.8 Å². The van der Waals surface area contributed by atoms with Gasteiger partial charge in [0.25, 0.3) is 5.91 Å². The molecule has 0 bridgehead atoms. The molecule has 0 aliphatic rings. The SMILES string of the molecule is Cc1ccc(S(=O)(=O)N[C@@H](C)C(=O)O[C@H](C(=O)NC(N)=O)C(C)C)cc1. The maximum absolute atomic E-state index is 12.3. The number of amides is 3. The number of hydrogen-bond acceptors (Lipinski definition) is 6. The molecule has 0 saturated carbocycles. The van der Waals surface area contributed by atoms with E-state index in [2.05, 4.69) is 4.72 Å². The minimum absolute atomic E-state index is 0.00497. The molecule has 26 heavy (non-hydrogen) atoms. The van der Waals surface area contributed by atoms with Crippen LogP contribution in [0.25, 0.3) is 0 Å². The molecule has 1 aromatic carbocycles. The molecule has 0 radical (unpaired) electrons. The number of esters is 1. The molecule has 0 aliphatic heterocycles. The van der Waals surface area contributed by atoms with E-state index in [1.165, 1.54) is 19.1 Å². The van der Waals surface area contributed by atoms with Gasteiger partial charge in [0.2, 0.25) is 10.0 Å². The molecule has 0 fully saturated rings. The van der Waals surface area contributed by atoms with E-state index in [4.69, 9.17) is 10.5 Å². The summed E-state index contributed by atoms with van der Waals surface area (Å²) in [6, 6.07) is 3.75. The van der Waals surface area contributed by atoms with Crippen LogP contribution in [0, 0.1) is 12.8 Å². The van der Waals surface area contributed by atoms with Gasteiger partial charge in [-0.3, -0.25) is 14.9 Å². The number of carbonyl (C=O) groups is 3. The van der Waals surface area contributed by atoms with Crippen LogP contribution < -0.4 is 15.8 Å². The topological polar surface area (TPSA) is 145 Å². The number of ether oxygens (including phenoxy) is 1. The van der Waals surface area contributed by atoms with E-state index in [-0.39, 0.29) is 4.90 Å². The van der Waals surface area contributed by atoms with Crippen molar-refractivity contribution < 1.29 is 27.5 Å².